The van der Waals surface area contributed by atoms with E-state index in [0.29, 0.717) is 0 Å². The molecule has 0 amide bonds. The first-order valence-corrected chi connectivity index (χ1v) is 4.34. The molecule has 7 heteroatoms. The van der Waals surface area contributed by atoms with Crippen LogP contribution >= 0.6 is 23.2 Å². The molecule has 0 aromatic heterocycles. The number of carbonyl (C=O) groups is 1. The average molecular weight is 257 g/mol. The number of carboxylic acids is 1. The van der Waals surface area contributed by atoms with Crippen molar-refractivity contribution in [1.82, 2.24) is 0 Å². The quantitative estimate of drug-likeness (QED) is 0.903. The van der Waals surface area contributed by atoms with Gasteiger partial charge in [0, 0.05) is 6.07 Å². The monoisotopic (exact) mass is 256 g/mol. The topological polar surface area (TPSA) is 46.5 Å². The third kappa shape index (κ3) is 2.94. The number of alkyl halides is 2. The highest BCUT2D eigenvalue weighted by molar-refractivity contribution is 6.36. The first kappa shape index (κ1) is 12.0. The van der Waals surface area contributed by atoms with E-state index in [1.54, 1.807) is 0 Å². The highest BCUT2D eigenvalue weighted by Gasteiger charge is 2.15. The van der Waals surface area contributed by atoms with Crippen LogP contribution in [0.3, 0.4) is 0 Å². The fraction of sp³-hybridized carbons (Fsp3) is 0.125. The predicted octanol–water partition coefficient (Wildman–Crippen LogP) is 3.29. The number of hydrogen-bond donors (Lipinski definition) is 1. The van der Waals surface area contributed by atoms with Crippen LogP contribution in [0.1, 0.15) is 10.4 Å². The van der Waals surface area contributed by atoms with Crippen LogP contribution in [0.5, 0.6) is 5.75 Å². The van der Waals surface area contributed by atoms with Gasteiger partial charge in [0.15, 0.2) is 0 Å². The molecule has 0 saturated carbocycles. The number of aromatic carboxylic acids is 1. The molecule has 0 bridgehead atoms. The number of carboxylic acid groups (broad SMARTS) is 1. The van der Waals surface area contributed by atoms with Crippen LogP contribution in [0.2, 0.25) is 10.0 Å². The summed E-state index contributed by atoms with van der Waals surface area (Å²) in [6.45, 7) is -3.05. The summed E-state index contributed by atoms with van der Waals surface area (Å²) in [6, 6.07) is 1.88. The molecule has 1 N–H and O–H groups in total. The van der Waals surface area contributed by atoms with E-state index in [1.165, 1.54) is 0 Å². The highest BCUT2D eigenvalue weighted by atomic mass is 35.5. The van der Waals surface area contributed by atoms with Crippen molar-refractivity contribution in [3.8, 4) is 5.75 Å². The number of hydrogen-bond acceptors (Lipinski definition) is 2. The van der Waals surface area contributed by atoms with E-state index >= 15 is 0 Å². The van der Waals surface area contributed by atoms with Crippen LogP contribution < -0.4 is 4.74 Å². The Balaban J connectivity index is 3.13. The van der Waals surface area contributed by atoms with Gasteiger partial charge in [-0.2, -0.15) is 8.78 Å². The van der Waals surface area contributed by atoms with Gasteiger partial charge in [-0.25, -0.2) is 4.79 Å². The summed E-state index contributed by atoms with van der Waals surface area (Å²) in [5, 5.41) is 8.17. The third-order valence-electron chi connectivity index (χ3n) is 1.47. The fourth-order valence-electron chi connectivity index (χ4n) is 0.879. The second-order valence-electron chi connectivity index (χ2n) is 2.45. The fourth-order valence-corrected chi connectivity index (χ4v) is 1.32. The van der Waals surface area contributed by atoms with E-state index < -0.39 is 12.6 Å². The molecule has 0 heterocycles. The summed E-state index contributed by atoms with van der Waals surface area (Å²) in [5.41, 5.74) is -0.275. The van der Waals surface area contributed by atoms with Gasteiger partial charge in [0.05, 0.1) is 15.6 Å². The van der Waals surface area contributed by atoms with Gasteiger partial charge in [-0.1, -0.05) is 23.2 Å². The van der Waals surface area contributed by atoms with Crippen molar-refractivity contribution in [3.63, 3.8) is 0 Å². The van der Waals surface area contributed by atoms with Crippen molar-refractivity contribution in [2.24, 2.45) is 0 Å². The van der Waals surface area contributed by atoms with Gasteiger partial charge in [0.2, 0.25) is 0 Å². The van der Waals surface area contributed by atoms with E-state index in [4.69, 9.17) is 28.3 Å². The Morgan fingerprint density at radius 1 is 1.33 bits per heavy atom. The molecule has 0 radical (unpaired) electrons. The second-order valence-corrected chi connectivity index (χ2v) is 3.26. The molecule has 0 fully saturated rings. The lowest BCUT2D eigenvalue weighted by Crippen LogP contribution is -2.04. The molecule has 82 valence electrons. The van der Waals surface area contributed by atoms with Crippen LogP contribution in [0.15, 0.2) is 12.1 Å². The molecule has 0 spiro atoms. The lowest BCUT2D eigenvalue weighted by Gasteiger charge is -2.08. The summed E-state index contributed by atoms with van der Waals surface area (Å²) >= 11 is 11.0. The molecule has 0 aliphatic rings. The van der Waals surface area contributed by atoms with Crippen LogP contribution in [-0.4, -0.2) is 17.7 Å². The van der Waals surface area contributed by atoms with Gasteiger partial charge in [-0.05, 0) is 6.07 Å². The third-order valence-corrected chi connectivity index (χ3v) is 2.08. The Labute approximate surface area is 93.2 Å². The average Bonchev–Trinajstić information content (AvgIpc) is 2.09. The molecular weight excluding hydrogens is 253 g/mol. The molecule has 1 aromatic carbocycles. The molecule has 0 aliphatic carbocycles. The summed E-state index contributed by atoms with van der Waals surface area (Å²) in [7, 11) is 0. The van der Waals surface area contributed by atoms with E-state index in [-0.39, 0.29) is 21.4 Å². The predicted molar refractivity (Wildman–Crippen MR) is 50.1 cm³/mol. The Hall–Kier alpha value is -1.07. The lowest BCUT2D eigenvalue weighted by atomic mass is 10.2. The number of rotatable bonds is 3. The minimum absolute atomic E-state index is 0.220. The highest BCUT2D eigenvalue weighted by Crippen LogP contribution is 2.32. The summed E-state index contributed by atoms with van der Waals surface area (Å²) in [5.74, 6) is -1.66. The van der Waals surface area contributed by atoms with Crippen molar-refractivity contribution in [2.45, 2.75) is 6.61 Å². The molecule has 3 nitrogen and oxygen atoms in total. The SMILES string of the molecule is O=C(O)c1cc(Cl)c(OC(F)F)cc1Cl. The standard InChI is InChI=1S/C8H4Cl2F2O3/c9-4-2-6(15-8(11)12)5(10)1-3(4)7(13)14/h1-2,8H,(H,13,14). The van der Waals surface area contributed by atoms with Crippen molar-refractivity contribution in [1.29, 1.82) is 0 Å². The van der Waals surface area contributed by atoms with Crippen LogP contribution in [-0.2, 0) is 0 Å². The second kappa shape index (κ2) is 4.63. The maximum Gasteiger partial charge on any atom is 0.387 e. The van der Waals surface area contributed by atoms with Crippen molar-refractivity contribution in [3.05, 3.63) is 27.7 Å². The molecular formula is C8H4Cl2F2O3. The molecule has 0 aliphatic heterocycles. The smallest absolute Gasteiger partial charge is 0.387 e. The van der Waals surface area contributed by atoms with Gasteiger partial charge >= 0.3 is 12.6 Å². The van der Waals surface area contributed by atoms with Gasteiger partial charge in [0.25, 0.3) is 0 Å². The van der Waals surface area contributed by atoms with E-state index in [9.17, 15) is 13.6 Å². The Morgan fingerprint density at radius 3 is 2.40 bits per heavy atom. The zero-order valence-electron chi connectivity index (χ0n) is 7.01. The van der Waals surface area contributed by atoms with Gasteiger partial charge < -0.3 is 9.84 Å². The maximum absolute atomic E-state index is 11.9. The van der Waals surface area contributed by atoms with Crippen molar-refractivity contribution >= 4 is 29.2 Å². The number of benzene rings is 1. The maximum atomic E-state index is 11.9. The molecule has 15 heavy (non-hydrogen) atoms. The van der Waals surface area contributed by atoms with E-state index in [2.05, 4.69) is 4.74 Å². The van der Waals surface area contributed by atoms with Crippen molar-refractivity contribution < 1.29 is 23.4 Å². The van der Waals surface area contributed by atoms with Gasteiger partial charge in [-0.15, -0.1) is 0 Å². The molecule has 1 rings (SSSR count). The van der Waals surface area contributed by atoms with Crippen LogP contribution in [0, 0.1) is 0 Å². The van der Waals surface area contributed by atoms with Crippen molar-refractivity contribution in [2.75, 3.05) is 0 Å². The molecule has 0 unspecified atom stereocenters. The first-order valence-electron chi connectivity index (χ1n) is 3.59. The van der Waals surface area contributed by atoms with E-state index in [1.807, 2.05) is 0 Å². The molecule has 1 aromatic rings. The normalized spacial score (nSPS) is 10.5. The number of halogens is 4. The Morgan fingerprint density at radius 2 is 1.93 bits per heavy atom. The van der Waals surface area contributed by atoms with E-state index in [0.717, 1.165) is 12.1 Å². The summed E-state index contributed by atoms with van der Waals surface area (Å²) in [4.78, 5) is 10.6. The molecule has 0 saturated heterocycles. The zero-order valence-corrected chi connectivity index (χ0v) is 8.52. The lowest BCUT2D eigenvalue weighted by molar-refractivity contribution is -0.0497. The minimum Gasteiger partial charge on any atom is -0.478 e. The Bertz CT molecular complexity index is 396. The zero-order chi connectivity index (χ0) is 11.6. The van der Waals surface area contributed by atoms with Gasteiger partial charge in [-0.3, -0.25) is 0 Å². The Kier molecular flexibility index (Phi) is 3.71. The minimum atomic E-state index is -3.05. The number of ether oxygens (including phenoxy) is 1. The molecule has 0 atom stereocenters. The largest absolute Gasteiger partial charge is 0.478 e. The summed E-state index contributed by atoms with van der Waals surface area (Å²) < 4.78 is 27.7. The van der Waals surface area contributed by atoms with Crippen LogP contribution in [0.4, 0.5) is 8.78 Å². The first-order chi connectivity index (χ1) is 6.91. The van der Waals surface area contributed by atoms with Crippen LogP contribution in [0.25, 0.3) is 0 Å². The van der Waals surface area contributed by atoms with Gasteiger partial charge in [0.1, 0.15) is 5.75 Å². The summed E-state index contributed by atoms with van der Waals surface area (Å²) in [6.07, 6.45) is 0.